The number of benzene rings is 1. The van der Waals surface area contributed by atoms with Crippen molar-refractivity contribution in [3.05, 3.63) is 33.9 Å². The van der Waals surface area contributed by atoms with Crippen LogP contribution in [0.15, 0.2) is 18.2 Å². The van der Waals surface area contributed by atoms with E-state index in [2.05, 4.69) is 4.98 Å². The first kappa shape index (κ1) is 14.2. The van der Waals surface area contributed by atoms with Crippen LogP contribution in [0.25, 0.3) is 10.9 Å². The fourth-order valence-electron chi connectivity index (χ4n) is 2.69. The van der Waals surface area contributed by atoms with Crippen molar-refractivity contribution in [2.45, 2.75) is 18.9 Å². The van der Waals surface area contributed by atoms with Gasteiger partial charge in [0, 0.05) is 22.5 Å². The number of carbonyl (C=O) groups is 2. The number of nitrogens with one attached hydrogen (secondary N) is 1. The van der Waals surface area contributed by atoms with Crippen molar-refractivity contribution < 1.29 is 14.7 Å². The molecule has 1 saturated heterocycles. The molecule has 1 aromatic carbocycles. The number of halogens is 2. The molecule has 0 saturated carbocycles. The molecular weight excluding hydrogens is 315 g/mol. The van der Waals surface area contributed by atoms with E-state index in [-0.39, 0.29) is 10.7 Å². The Hall–Kier alpha value is -1.72. The Morgan fingerprint density at radius 1 is 1.33 bits per heavy atom. The first-order valence-corrected chi connectivity index (χ1v) is 7.25. The number of carboxylic acids is 1. The smallest absolute Gasteiger partial charge is 0.326 e. The van der Waals surface area contributed by atoms with Gasteiger partial charge in [-0.15, -0.1) is 0 Å². The fraction of sp³-hybridized carbons (Fsp3) is 0.286. The molecule has 2 heterocycles. The summed E-state index contributed by atoms with van der Waals surface area (Å²) in [6.45, 7) is 0.419. The molecule has 1 aliphatic heterocycles. The van der Waals surface area contributed by atoms with E-state index in [4.69, 9.17) is 23.2 Å². The van der Waals surface area contributed by atoms with Gasteiger partial charge in [0.25, 0.3) is 5.91 Å². The number of aromatic amines is 1. The van der Waals surface area contributed by atoms with Gasteiger partial charge in [-0.3, -0.25) is 4.79 Å². The Balaban J connectivity index is 2.02. The number of H-pyrrole nitrogens is 1. The molecule has 21 heavy (non-hydrogen) atoms. The van der Waals surface area contributed by atoms with E-state index >= 15 is 0 Å². The topological polar surface area (TPSA) is 73.4 Å². The van der Waals surface area contributed by atoms with Crippen molar-refractivity contribution in [1.29, 1.82) is 0 Å². The zero-order chi connectivity index (χ0) is 15.1. The summed E-state index contributed by atoms with van der Waals surface area (Å²) in [6.07, 6.45) is 1.14. The van der Waals surface area contributed by atoms with Crippen LogP contribution in [-0.2, 0) is 4.79 Å². The number of carbonyl (C=O) groups excluding carboxylic acids is 1. The molecule has 2 aromatic rings. The first-order valence-electron chi connectivity index (χ1n) is 6.49. The van der Waals surface area contributed by atoms with Crippen molar-refractivity contribution in [1.82, 2.24) is 9.88 Å². The van der Waals surface area contributed by atoms with Crippen molar-refractivity contribution >= 4 is 46.0 Å². The second-order valence-corrected chi connectivity index (χ2v) is 5.81. The van der Waals surface area contributed by atoms with E-state index in [9.17, 15) is 14.7 Å². The van der Waals surface area contributed by atoms with Gasteiger partial charge in [0.1, 0.15) is 11.7 Å². The number of likely N-dealkylation sites (tertiary alicyclic amines) is 1. The highest BCUT2D eigenvalue weighted by atomic mass is 35.5. The standard InChI is InChI=1S/C14H12Cl2N2O3/c15-7-3-4-9-8(6-7)11(16)12(17-9)13(19)18-5-1-2-10(18)14(20)21/h3-4,6,10,17H,1-2,5H2,(H,20,21)/t10-/m1/s1. The summed E-state index contributed by atoms with van der Waals surface area (Å²) in [6, 6.07) is 4.31. The van der Waals surface area contributed by atoms with Gasteiger partial charge >= 0.3 is 5.97 Å². The summed E-state index contributed by atoms with van der Waals surface area (Å²) in [5, 5.41) is 10.6. The molecule has 0 radical (unpaired) electrons. The van der Waals surface area contributed by atoms with Crippen LogP contribution in [-0.4, -0.2) is 39.5 Å². The van der Waals surface area contributed by atoms with E-state index in [0.717, 1.165) is 0 Å². The number of fused-ring (bicyclic) bond motifs is 1. The van der Waals surface area contributed by atoms with E-state index < -0.39 is 17.9 Å². The lowest BCUT2D eigenvalue weighted by atomic mass is 10.2. The molecule has 3 rings (SSSR count). The molecule has 1 aromatic heterocycles. The normalized spacial score (nSPS) is 18.4. The monoisotopic (exact) mass is 326 g/mol. The van der Waals surface area contributed by atoms with Gasteiger partial charge in [0.2, 0.25) is 0 Å². The third-order valence-corrected chi connectivity index (χ3v) is 4.34. The molecule has 110 valence electrons. The zero-order valence-corrected chi connectivity index (χ0v) is 12.4. The van der Waals surface area contributed by atoms with Crippen LogP contribution in [0.3, 0.4) is 0 Å². The molecular formula is C14H12Cl2N2O3. The number of hydrogen-bond acceptors (Lipinski definition) is 2. The highest BCUT2D eigenvalue weighted by Crippen LogP contribution is 2.31. The molecule has 0 spiro atoms. The second kappa shape index (κ2) is 5.24. The molecule has 0 bridgehead atoms. The molecule has 2 N–H and O–H groups in total. The fourth-order valence-corrected chi connectivity index (χ4v) is 3.15. The number of aliphatic carboxylic acids is 1. The number of aromatic nitrogens is 1. The van der Waals surface area contributed by atoms with E-state index in [1.165, 1.54) is 4.90 Å². The second-order valence-electron chi connectivity index (χ2n) is 5.00. The largest absolute Gasteiger partial charge is 0.480 e. The van der Waals surface area contributed by atoms with Gasteiger partial charge in [0.15, 0.2) is 0 Å². The SMILES string of the molecule is O=C(O)[C@H]1CCCN1C(=O)c1[nH]c2ccc(Cl)cc2c1Cl. The van der Waals surface area contributed by atoms with Crippen molar-refractivity contribution in [2.75, 3.05) is 6.54 Å². The van der Waals surface area contributed by atoms with Gasteiger partial charge in [-0.25, -0.2) is 4.79 Å². The number of hydrogen-bond donors (Lipinski definition) is 2. The van der Waals surface area contributed by atoms with Crippen molar-refractivity contribution in [2.24, 2.45) is 0 Å². The average Bonchev–Trinajstić information content (AvgIpc) is 3.04. The Labute approximate surface area is 130 Å². The minimum Gasteiger partial charge on any atom is -0.480 e. The Morgan fingerprint density at radius 2 is 2.10 bits per heavy atom. The third-order valence-electron chi connectivity index (χ3n) is 3.71. The zero-order valence-electron chi connectivity index (χ0n) is 10.9. The first-order chi connectivity index (χ1) is 9.99. The molecule has 1 fully saturated rings. The van der Waals surface area contributed by atoms with Crippen LogP contribution in [0.4, 0.5) is 0 Å². The lowest BCUT2D eigenvalue weighted by molar-refractivity contribution is -0.141. The highest BCUT2D eigenvalue weighted by Gasteiger charge is 2.36. The maximum atomic E-state index is 12.6. The number of amides is 1. The minimum absolute atomic E-state index is 0.210. The predicted octanol–water partition coefficient (Wildman–Crippen LogP) is 3.16. The number of carboxylic acid groups (broad SMARTS) is 1. The van der Waals surface area contributed by atoms with Gasteiger partial charge in [-0.1, -0.05) is 23.2 Å². The summed E-state index contributed by atoms with van der Waals surface area (Å²) in [5.41, 5.74) is 0.904. The van der Waals surface area contributed by atoms with Gasteiger partial charge < -0.3 is 15.0 Å². The van der Waals surface area contributed by atoms with E-state index in [0.29, 0.717) is 35.3 Å². The van der Waals surface area contributed by atoms with Crippen molar-refractivity contribution in [3.8, 4) is 0 Å². The van der Waals surface area contributed by atoms with Crippen LogP contribution in [0, 0.1) is 0 Å². The minimum atomic E-state index is -0.990. The predicted molar refractivity (Wildman–Crippen MR) is 80.0 cm³/mol. The number of nitrogens with zero attached hydrogens (tertiary/aromatic N) is 1. The summed E-state index contributed by atoms with van der Waals surface area (Å²) in [4.78, 5) is 28.0. The Kier molecular flexibility index (Phi) is 3.55. The maximum Gasteiger partial charge on any atom is 0.326 e. The molecule has 7 heteroatoms. The quantitative estimate of drug-likeness (QED) is 0.890. The third kappa shape index (κ3) is 2.36. The summed E-state index contributed by atoms with van der Waals surface area (Å²) in [7, 11) is 0. The Morgan fingerprint density at radius 3 is 2.81 bits per heavy atom. The molecule has 1 atom stereocenters. The van der Waals surface area contributed by atoms with Crippen LogP contribution >= 0.6 is 23.2 Å². The Bertz CT molecular complexity index is 741. The molecule has 0 aliphatic carbocycles. The van der Waals surface area contributed by atoms with Gasteiger partial charge in [0.05, 0.1) is 5.02 Å². The molecule has 1 amide bonds. The summed E-state index contributed by atoms with van der Waals surface area (Å²) >= 11 is 12.2. The van der Waals surface area contributed by atoms with Crippen LogP contribution in [0.1, 0.15) is 23.3 Å². The van der Waals surface area contributed by atoms with Gasteiger partial charge in [-0.05, 0) is 31.0 Å². The molecule has 5 nitrogen and oxygen atoms in total. The highest BCUT2D eigenvalue weighted by molar-refractivity contribution is 6.39. The van der Waals surface area contributed by atoms with Crippen LogP contribution in [0.5, 0.6) is 0 Å². The van der Waals surface area contributed by atoms with Crippen LogP contribution < -0.4 is 0 Å². The van der Waals surface area contributed by atoms with Crippen molar-refractivity contribution in [3.63, 3.8) is 0 Å². The summed E-state index contributed by atoms with van der Waals surface area (Å²) in [5.74, 6) is -1.38. The summed E-state index contributed by atoms with van der Waals surface area (Å²) < 4.78 is 0. The average molecular weight is 327 g/mol. The molecule has 0 unspecified atom stereocenters. The van der Waals surface area contributed by atoms with Gasteiger partial charge in [-0.2, -0.15) is 0 Å². The van der Waals surface area contributed by atoms with Crippen LogP contribution in [0.2, 0.25) is 10.0 Å². The van der Waals surface area contributed by atoms with E-state index in [1.807, 2.05) is 0 Å². The molecule has 1 aliphatic rings. The maximum absolute atomic E-state index is 12.6. The van der Waals surface area contributed by atoms with E-state index in [1.54, 1.807) is 18.2 Å². The lowest BCUT2D eigenvalue weighted by Crippen LogP contribution is -2.40. The lowest BCUT2D eigenvalue weighted by Gasteiger charge is -2.20. The number of rotatable bonds is 2.